The molecule has 0 aromatic rings. The number of urea groups is 1. The zero-order valence-corrected chi connectivity index (χ0v) is 17.4. The van der Waals surface area contributed by atoms with Crippen molar-refractivity contribution >= 4 is 23.8 Å². The first-order valence-electron chi connectivity index (χ1n) is 9.36. The summed E-state index contributed by atoms with van der Waals surface area (Å²) < 4.78 is 4.86. The number of imide groups is 1. The molecule has 2 N–H and O–H groups in total. The van der Waals surface area contributed by atoms with Crippen molar-refractivity contribution in [2.24, 2.45) is 11.8 Å². The van der Waals surface area contributed by atoms with Gasteiger partial charge in [-0.1, -0.05) is 27.7 Å². The Hall–Kier alpha value is -2.63. The van der Waals surface area contributed by atoms with Crippen LogP contribution < -0.4 is 10.6 Å². The Morgan fingerprint density at radius 2 is 1.93 bits per heavy atom. The number of amides is 4. The first kappa shape index (κ1) is 23.4. The molecule has 0 aromatic carbocycles. The molecule has 9 heteroatoms. The number of hydrogen-bond donors (Lipinski definition) is 2. The van der Waals surface area contributed by atoms with Gasteiger partial charge < -0.3 is 15.4 Å². The molecule has 1 aliphatic rings. The van der Waals surface area contributed by atoms with E-state index in [4.69, 9.17) is 4.74 Å². The van der Waals surface area contributed by atoms with Gasteiger partial charge in [-0.05, 0) is 38.5 Å². The van der Waals surface area contributed by atoms with Crippen LogP contribution in [0.15, 0.2) is 0 Å². The number of nitrogens with one attached hydrogen (secondary N) is 2. The Labute approximate surface area is 165 Å². The average Bonchev–Trinajstić information content (AvgIpc) is 2.81. The second-order valence-corrected chi connectivity index (χ2v) is 8.26. The maximum Gasteiger partial charge on any atom is 0.326 e. The van der Waals surface area contributed by atoms with Crippen LogP contribution in [0, 0.1) is 23.2 Å². The molecule has 2 atom stereocenters. The van der Waals surface area contributed by atoms with Crippen LogP contribution in [0.25, 0.3) is 0 Å². The van der Waals surface area contributed by atoms with Crippen LogP contribution in [0.2, 0.25) is 0 Å². The molecular weight excluding hydrogens is 364 g/mol. The minimum absolute atomic E-state index is 0.147. The van der Waals surface area contributed by atoms with E-state index in [1.807, 2.05) is 19.9 Å². The van der Waals surface area contributed by atoms with E-state index in [0.29, 0.717) is 12.3 Å². The Kier molecular flexibility index (Phi) is 7.56. The number of esters is 1. The molecule has 1 aliphatic heterocycles. The van der Waals surface area contributed by atoms with Crippen LogP contribution in [-0.4, -0.2) is 52.9 Å². The van der Waals surface area contributed by atoms with Gasteiger partial charge in [0.15, 0.2) is 6.61 Å². The first-order valence-corrected chi connectivity index (χ1v) is 9.36. The summed E-state index contributed by atoms with van der Waals surface area (Å²) in [4.78, 5) is 49.4. The fourth-order valence-corrected chi connectivity index (χ4v) is 2.59. The van der Waals surface area contributed by atoms with Gasteiger partial charge in [-0.3, -0.25) is 19.3 Å². The summed E-state index contributed by atoms with van der Waals surface area (Å²) >= 11 is 0. The second-order valence-electron chi connectivity index (χ2n) is 8.26. The molecule has 1 fully saturated rings. The van der Waals surface area contributed by atoms with Crippen molar-refractivity contribution in [3.8, 4) is 6.07 Å². The Bertz CT molecular complexity index is 684. The molecule has 1 heterocycles. The summed E-state index contributed by atoms with van der Waals surface area (Å²) in [5, 5.41) is 14.3. The van der Waals surface area contributed by atoms with E-state index in [-0.39, 0.29) is 5.92 Å². The van der Waals surface area contributed by atoms with Crippen LogP contribution in [-0.2, 0) is 19.1 Å². The Morgan fingerprint density at radius 1 is 1.32 bits per heavy atom. The van der Waals surface area contributed by atoms with E-state index in [9.17, 15) is 24.4 Å². The lowest BCUT2D eigenvalue weighted by atomic mass is 9.90. The number of nitrogens with zero attached hydrogens (tertiary/aromatic N) is 2. The van der Waals surface area contributed by atoms with E-state index in [1.54, 1.807) is 27.7 Å². The van der Waals surface area contributed by atoms with Gasteiger partial charge in [-0.2, -0.15) is 5.26 Å². The van der Waals surface area contributed by atoms with Crippen molar-refractivity contribution in [1.82, 2.24) is 15.5 Å². The van der Waals surface area contributed by atoms with Gasteiger partial charge in [0.1, 0.15) is 17.6 Å². The van der Waals surface area contributed by atoms with E-state index >= 15 is 0 Å². The van der Waals surface area contributed by atoms with E-state index in [1.165, 1.54) is 0 Å². The highest BCUT2D eigenvalue weighted by atomic mass is 16.5. The Morgan fingerprint density at radius 3 is 2.43 bits per heavy atom. The van der Waals surface area contributed by atoms with E-state index < -0.39 is 48.0 Å². The number of ether oxygens (including phenoxy) is 1. The monoisotopic (exact) mass is 394 g/mol. The van der Waals surface area contributed by atoms with Gasteiger partial charge in [-0.15, -0.1) is 0 Å². The standard InChI is InChI=1S/C19H30N4O5/c1-12(2)7-8-18(5)16(26)23(17(27)22-18)9-15(25)28-10-14(24)21-19(6,11-20)13(3)4/h12-13H,7-10H2,1-6H3,(H,21,24)(H,22,27)/t18-,19-/m0/s1. The van der Waals surface area contributed by atoms with Crippen LogP contribution in [0.1, 0.15) is 54.4 Å². The minimum Gasteiger partial charge on any atom is -0.454 e. The van der Waals surface area contributed by atoms with Crippen molar-refractivity contribution in [1.29, 1.82) is 5.26 Å². The van der Waals surface area contributed by atoms with Crippen LogP contribution in [0.4, 0.5) is 4.79 Å². The molecule has 0 aliphatic carbocycles. The third-order valence-electron chi connectivity index (χ3n) is 5.00. The number of rotatable bonds is 9. The van der Waals surface area contributed by atoms with Gasteiger partial charge >= 0.3 is 12.0 Å². The SMILES string of the molecule is CC(C)CC[C@]1(C)NC(=O)N(CC(=O)OCC(=O)N[C@@](C)(C#N)C(C)C)C1=O. The van der Waals surface area contributed by atoms with Crippen LogP contribution >= 0.6 is 0 Å². The minimum atomic E-state index is -1.09. The highest BCUT2D eigenvalue weighted by Crippen LogP contribution is 2.24. The third-order valence-corrected chi connectivity index (χ3v) is 5.00. The molecule has 0 unspecified atom stereocenters. The highest BCUT2D eigenvalue weighted by molar-refractivity contribution is 6.08. The van der Waals surface area contributed by atoms with Gasteiger partial charge in [0.2, 0.25) is 0 Å². The van der Waals surface area contributed by atoms with Crippen molar-refractivity contribution < 1.29 is 23.9 Å². The molecule has 0 spiro atoms. The molecule has 156 valence electrons. The lowest BCUT2D eigenvalue weighted by molar-refractivity contribution is -0.151. The molecule has 1 rings (SSSR count). The fraction of sp³-hybridized carbons (Fsp3) is 0.737. The zero-order valence-electron chi connectivity index (χ0n) is 17.4. The van der Waals surface area contributed by atoms with Gasteiger partial charge in [0.25, 0.3) is 11.8 Å². The number of carbonyl (C=O) groups is 4. The van der Waals surface area contributed by atoms with Gasteiger partial charge in [0.05, 0.1) is 6.07 Å². The quantitative estimate of drug-likeness (QED) is 0.448. The predicted octanol–water partition coefficient (Wildman–Crippen LogP) is 1.33. The first-order chi connectivity index (χ1) is 12.8. The maximum atomic E-state index is 12.5. The molecule has 28 heavy (non-hydrogen) atoms. The summed E-state index contributed by atoms with van der Waals surface area (Å²) in [5.74, 6) is -1.79. The van der Waals surface area contributed by atoms with Crippen LogP contribution in [0.5, 0.6) is 0 Å². The second kappa shape index (κ2) is 9.04. The Balaban J connectivity index is 2.59. The summed E-state index contributed by atoms with van der Waals surface area (Å²) in [6.07, 6.45) is 1.21. The summed E-state index contributed by atoms with van der Waals surface area (Å²) in [6, 6.07) is 1.36. The normalized spacial score (nSPS) is 21.3. The molecule has 0 aromatic heterocycles. The summed E-state index contributed by atoms with van der Waals surface area (Å²) in [7, 11) is 0. The lowest BCUT2D eigenvalue weighted by Gasteiger charge is -2.27. The van der Waals surface area contributed by atoms with Crippen molar-refractivity contribution in [2.45, 2.75) is 65.5 Å². The van der Waals surface area contributed by atoms with E-state index in [0.717, 1.165) is 11.3 Å². The van der Waals surface area contributed by atoms with Crippen LogP contribution in [0.3, 0.4) is 0 Å². The molecule has 0 saturated carbocycles. The largest absolute Gasteiger partial charge is 0.454 e. The van der Waals surface area contributed by atoms with Gasteiger partial charge in [0, 0.05) is 0 Å². The molecule has 9 nitrogen and oxygen atoms in total. The summed E-state index contributed by atoms with van der Waals surface area (Å²) in [6.45, 7) is 9.62. The molecule has 4 amide bonds. The predicted molar refractivity (Wildman–Crippen MR) is 101 cm³/mol. The third kappa shape index (κ3) is 5.68. The topological polar surface area (TPSA) is 129 Å². The zero-order chi connectivity index (χ0) is 21.7. The number of hydrogen-bond acceptors (Lipinski definition) is 6. The highest BCUT2D eigenvalue weighted by Gasteiger charge is 2.48. The van der Waals surface area contributed by atoms with E-state index in [2.05, 4.69) is 10.6 Å². The van der Waals surface area contributed by atoms with Crippen molar-refractivity contribution in [3.05, 3.63) is 0 Å². The summed E-state index contributed by atoms with van der Waals surface area (Å²) in [5.41, 5.74) is -2.14. The van der Waals surface area contributed by atoms with Gasteiger partial charge in [-0.25, -0.2) is 4.79 Å². The maximum absolute atomic E-state index is 12.5. The fourth-order valence-electron chi connectivity index (χ4n) is 2.59. The number of nitriles is 1. The average molecular weight is 394 g/mol. The smallest absolute Gasteiger partial charge is 0.326 e. The molecule has 0 bridgehead atoms. The van der Waals surface area contributed by atoms with Crippen molar-refractivity contribution in [2.75, 3.05) is 13.2 Å². The molecular formula is C19H30N4O5. The molecule has 0 radical (unpaired) electrons. The molecule has 1 saturated heterocycles. The number of carbonyl (C=O) groups excluding carboxylic acids is 4. The van der Waals surface area contributed by atoms with Crippen molar-refractivity contribution in [3.63, 3.8) is 0 Å². The lowest BCUT2D eigenvalue weighted by Crippen LogP contribution is -2.50.